The van der Waals surface area contributed by atoms with Crippen molar-refractivity contribution in [3.8, 4) is 6.07 Å². The van der Waals surface area contributed by atoms with Gasteiger partial charge in [0, 0.05) is 36.3 Å². The maximum absolute atomic E-state index is 9.34. The Morgan fingerprint density at radius 2 is 1.52 bits per heavy atom. The summed E-state index contributed by atoms with van der Waals surface area (Å²) >= 11 is 3.46. The van der Waals surface area contributed by atoms with E-state index in [9.17, 15) is 5.26 Å². The topological polar surface area (TPSA) is 30.3 Å². The molecule has 1 heterocycles. The van der Waals surface area contributed by atoms with Crippen molar-refractivity contribution in [1.29, 1.82) is 5.26 Å². The lowest BCUT2D eigenvalue weighted by atomic mass is 10.1. The van der Waals surface area contributed by atoms with Crippen molar-refractivity contribution in [3.05, 3.63) is 58.6 Å². The van der Waals surface area contributed by atoms with Gasteiger partial charge < -0.3 is 9.80 Å². The molecule has 0 spiro atoms. The zero-order valence-corrected chi connectivity index (χ0v) is 13.3. The molecule has 0 amide bonds. The predicted octanol–water partition coefficient (Wildman–Crippen LogP) is 3.65. The Kier molecular flexibility index (Phi) is 4.12. The van der Waals surface area contributed by atoms with Crippen LogP contribution in [0.1, 0.15) is 5.56 Å². The third-order valence-electron chi connectivity index (χ3n) is 3.85. The molecule has 3 rings (SSSR count). The number of hydrogen-bond donors (Lipinski definition) is 0. The van der Waals surface area contributed by atoms with Crippen molar-refractivity contribution in [1.82, 2.24) is 0 Å². The number of halogens is 1. The zero-order valence-electron chi connectivity index (χ0n) is 11.7. The molecular weight excluding hydrogens is 326 g/mol. The second kappa shape index (κ2) is 6.19. The van der Waals surface area contributed by atoms with Gasteiger partial charge in [-0.1, -0.05) is 24.3 Å². The quantitative estimate of drug-likeness (QED) is 0.835. The standard InChI is InChI=1S/C17H16BrN3/c18-16-7-4-8-17(15(16)13-19)21-11-9-20(10-12-21)14-5-2-1-3-6-14/h1-8H,9-12H2. The first-order chi connectivity index (χ1) is 10.3. The summed E-state index contributed by atoms with van der Waals surface area (Å²) in [6, 6.07) is 18.7. The molecule has 2 aromatic rings. The number of benzene rings is 2. The monoisotopic (exact) mass is 341 g/mol. The number of piperazine rings is 1. The van der Waals surface area contributed by atoms with Gasteiger partial charge in [-0.2, -0.15) is 5.26 Å². The summed E-state index contributed by atoms with van der Waals surface area (Å²) in [6.45, 7) is 3.81. The van der Waals surface area contributed by atoms with Gasteiger partial charge in [0.2, 0.25) is 0 Å². The number of nitriles is 1. The number of para-hydroxylation sites is 1. The third kappa shape index (κ3) is 2.88. The van der Waals surface area contributed by atoms with E-state index in [4.69, 9.17) is 0 Å². The van der Waals surface area contributed by atoms with Crippen LogP contribution in [-0.2, 0) is 0 Å². The molecule has 0 aliphatic carbocycles. The molecule has 106 valence electrons. The Morgan fingerprint density at radius 3 is 2.19 bits per heavy atom. The molecule has 1 fully saturated rings. The SMILES string of the molecule is N#Cc1c(Br)cccc1N1CCN(c2ccccc2)CC1. The van der Waals surface area contributed by atoms with Gasteiger partial charge >= 0.3 is 0 Å². The molecule has 0 saturated carbocycles. The van der Waals surface area contributed by atoms with Crippen LogP contribution in [0.2, 0.25) is 0 Å². The lowest BCUT2D eigenvalue weighted by molar-refractivity contribution is 0.653. The summed E-state index contributed by atoms with van der Waals surface area (Å²) in [5.41, 5.74) is 3.03. The smallest absolute Gasteiger partial charge is 0.103 e. The zero-order chi connectivity index (χ0) is 14.7. The van der Waals surface area contributed by atoms with Crippen molar-refractivity contribution in [2.24, 2.45) is 0 Å². The molecule has 1 saturated heterocycles. The highest BCUT2D eigenvalue weighted by molar-refractivity contribution is 9.10. The van der Waals surface area contributed by atoms with E-state index in [0.717, 1.165) is 41.9 Å². The van der Waals surface area contributed by atoms with E-state index < -0.39 is 0 Å². The summed E-state index contributed by atoms with van der Waals surface area (Å²) in [5.74, 6) is 0. The summed E-state index contributed by atoms with van der Waals surface area (Å²) in [4.78, 5) is 4.68. The molecule has 0 bridgehead atoms. The molecule has 2 aromatic carbocycles. The molecule has 0 radical (unpaired) electrons. The van der Waals surface area contributed by atoms with Gasteiger partial charge in [-0.25, -0.2) is 0 Å². The van der Waals surface area contributed by atoms with E-state index in [1.165, 1.54) is 5.69 Å². The fraction of sp³-hybridized carbons (Fsp3) is 0.235. The van der Waals surface area contributed by atoms with Crippen LogP contribution < -0.4 is 9.80 Å². The summed E-state index contributed by atoms with van der Waals surface area (Å²) in [6.07, 6.45) is 0. The van der Waals surface area contributed by atoms with Gasteiger partial charge in [-0.05, 0) is 40.2 Å². The molecular formula is C17H16BrN3. The minimum absolute atomic E-state index is 0.727. The van der Waals surface area contributed by atoms with Crippen LogP contribution in [0.4, 0.5) is 11.4 Å². The Morgan fingerprint density at radius 1 is 0.857 bits per heavy atom. The van der Waals surface area contributed by atoms with Crippen LogP contribution in [0.5, 0.6) is 0 Å². The first-order valence-electron chi connectivity index (χ1n) is 7.03. The minimum Gasteiger partial charge on any atom is -0.368 e. The van der Waals surface area contributed by atoms with Crippen molar-refractivity contribution in [2.45, 2.75) is 0 Å². The van der Waals surface area contributed by atoms with Crippen molar-refractivity contribution in [3.63, 3.8) is 0 Å². The first-order valence-corrected chi connectivity index (χ1v) is 7.82. The van der Waals surface area contributed by atoms with Gasteiger partial charge in [0.1, 0.15) is 6.07 Å². The fourth-order valence-corrected chi connectivity index (χ4v) is 3.18. The van der Waals surface area contributed by atoms with Crippen LogP contribution in [0.3, 0.4) is 0 Å². The molecule has 0 N–H and O–H groups in total. The van der Waals surface area contributed by atoms with Crippen LogP contribution in [0.15, 0.2) is 53.0 Å². The number of rotatable bonds is 2. The normalized spacial score (nSPS) is 14.9. The van der Waals surface area contributed by atoms with E-state index in [1.807, 2.05) is 24.3 Å². The van der Waals surface area contributed by atoms with Gasteiger partial charge in [0.05, 0.1) is 11.3 Å². The second-order valence-corrected chi connectivity index (χ2v) is 5.91. The van der Waals surface area contributed by atoms with Crippen molar-refractivity contribution >= 4 is 27.3 Å². The number of hydrogen-bond acceptors (Lipinski definition) is 3. The molecule has 0 aromatic heterocycles. The minimum atomic E-state index is 0.727. The summed E-state index contributed by atoms with van der Waals surface area (Å²) in [7, 11) is 0. The van der Waals surface area contributed by atoms with Crippen LogP contribution >= 0.6 is 15.9 Å². The molecule has 0 atom stereocenters. The highest BCUT2D eigenvalue weighted by Crippen LogP contribution is 2.28. The first kappa shape index (κ1) is 14.0. The molecule has 1 aliphatic rings. The van der Waals surface area contributed by atoms with E-state index in [1.54, 1.807) is 0 Å². The third-order valence-corrected chi connectivity index (χ3v) is 4.51. The second-order valence-electron chi connectivity index (χ2n) is 5.06. The molecule has 1 aliphatic heterocycles. The Hall–Kier alpha value is -1.99. The largest absolute Gasteiger partial charge is 0.368 e. The number of nitrogens with zero attached hydrogens (tertiary/aromatic N) is 3. The van der Waals surface area contributed by atoms with E-state index in [2.05, 4.69) is 56.1 Å². The van der Waals surface area contributed by atoms with E-state index >= 15 is 0 Å². The van der Waals surface area contributed by atoms with E-state index in [-0.39, 0.29) is 0 Å². The Labute approximate surface area is 133 Å². The Balaban J connectivity index is 1.75. The van der Waals surface area contributed by atoms with Crippen LogP contribution in [0.25, 0.3) is 0 Å². The average molecular weight is 342 g/mol. The maximum Gasteiger partial charge on any atom is 0.103 e. The Bertz CT molecular complexity index is 655. The van der Waals surface area contributed by atoms with Gasteiger partial charge in [-0.3, -0.25) is 0 Å². The molecule has 0 unspecified atom stereocenters. The lowest BCUT2D eigenvalue weighted by Crippen LogP contribution is -2.46. The fourth-order valence-electron chi connectivity index (χ4n) is 2.73. The highest BCUT2D eigenvalue weighted by Gasteiger charge is 2.20. The van der Waals surface area contributed by atoms with Crippen LogP contribution in [-0.4, -0.2) is 26.2 Å². The number of anilines is 2. The molecule has 4 heteroatoms. The van der Waals surface area contributed by atoms with Crippen molar-refractivity contribution < 1.29 is 0 Å². The van der Waals surface area contributed by atoms with Crippen LogP contribution in [0, 0.1) is 11.3 Å². The van der Waals surface area contributed by atoms with E-state index in [0.29, 0.717) is 0 Å². The average Bonchev–Trinajstić information content (AvgIpc) is 2.55. The summed E-state index contributed by atoms with van der Waals surface area (Å²) < 4.78 is 0.869. The molecule has 21 heavy (non-hydrogen) atoms. The van der Waals surface area contributed by atoms with Gasteiger partial charge in [0.25, 0.3) is 0 Å². The van der Waals surface area contributed by atoms with Gasteiger partial charge in [-0.15, -0.1) is 0 Å². The lowest BCUT2D eigenvalue weighted by Gasteiger charge is -2.37. The van der Waals surface area contributed by atoms with Crippen molar-refractivity contribution in [2.75, 3.05) is 36.0 Å². The highest BCUT2D eigenvalue weighted by atomic mass is 79.9. The predicted molar refractivity (Wildman–Crippen MR) is 89.7 cm³/mol. The maximum atomic E-state index is 9.34. The van der Waals surface area contributed by atoms with Gasteiger partial charge in [0.15, 0.2) is 0 Å². The summed E-state index contributed by atoms with van der Waals surface area (Å²) in [5, 5.41) is 9.34. The molecule has 3 nitrogen and oxygen atoms in total.